The van der Waals surface area contributed by atoms with Crippen LogP contribution in [0.1, 0.15) is 64.2 Å². The highest BCUT2D eigenvalue weighted by molar-refractivity contribution is 14.0. The van der Waals surface area contributed by atoms with E-state index >= 15 is 0 Å². The topological polar surface area (TPSA) is 36.9 Å². The van der Waals surface area contributed by atoms with Gasteiger partial charge < -0.3 is 15.0 Å². The SMILES string of the molecule is CN=C(NCC1CCCCCCC1)N(C)CCC1CCOCC1.I. The lowest BCUT2D eigenvalue weighted by Crippen LogP contribution is -2.42. The lowest BCUT2D eigenvalue weighted by molar-refractivity contribution is 0.0625. The van der Waals surface area contributed by atoms with Crippen LogP contribution in [0, 0.1) is 11.8 Å². The van der Waals surface area contributed by atoms with Gasteiger partial charge in [-0.1, -0.05) is 32.1 Å². The van der Waals surface area contributed by atoms with Gasteiger partial charge in [-0.2, -0.15) is 0 Å². The average Bonchev–Trinajstić information content (AvgIpc) is 2.56. The zero-order valence-electron chi connectivity index (χ0n) is 15.8. The van der Waals surface area contributed by atoms with Crippen LogP contribution < -0.4 is 5.32 Å². The van der Waals surface area contributed by atoms with E-state index in [-0.39, 0.29) is 24.0 Å². The molecule has 1 N–H and O–H groups in total. The first-order valence-corrected chi connectivity index (χ1v) is 9.79. The van der Waals surface area contributed by atoms with Crippen molar-refractivity contribution in [2.45, 2.75) is 64.2 Å². The van der Waals surface area contributed by atoms with Gasteiger partial charge in [-0.15, -0.1) is 24.0 Å². The molecule has 0 atom stereocenters. The number of aliphatic imine (C=N–C) groups is 1. The summed E-state index contributed by atoms with van der Waals surface area (Å²) in [5.74, 6) is 2.73. The van der Waals surface area contributed by atoms with Crippen molar-refractivity contribution >= 4 is 29.9 Å². The van der Waals surface area contributed by atoms with E-state index in [1.54, 1.807) is 0 Å². The molecular weight excluding hydrogens is 413 g/mol. The standard InChI is InChI=1S/C19H37N3O.HI/c1-20-19(21-16-18-8-6-4-3-5-7-9-18)22(2)13-10-17-11-14-23-15-12-17;/h17-18H,3-16H2,1-2H3,(H,20,21);1H. The Labute approximate surface area is 166 Å². The number of rotatable bonds is 5. The predicted octanol–water partition coefficient (Wildman–Crippen LogP) is 4.29. The maximum Gasteiger partial charge on any atom is 0.193 e. The molecule has 24 heavy (non-hydrogen) atoms. The molecule has 1 saturated heterocycles. The molecule has 4 nitrogen and oxygen atoms in total. The summed E-state index contributed by atoms with van der Waals surface area (Å²) in [6.45, 7) is 4.08. The lowest BCUT2D eigenvalue weighted by Gasteiger charge is -2.28. The highest BCUT2D eigenvalue weighted by atomic mass is 127. The van der Waals surface area contributed by atoms with Crippen molar-refractivity contribution in [3.8, 4) is 0 Å². The monoisotopic (exact) mass is 451 g/mol. The van der Waals surface area contributed by atoms with E-state index in [0.29, 0.717) is 0 Å². The summed E-state index contributed by atoms with van der Waals surface area (Å²) < 4.78 is 5.45. The minimum Gasteiger partial charge on any atom is -0.381 e. The number of nitrogens with zero attached hydrogens (tertiary/aromatic N) is 2. The largest absolute Gasteiger partial charge is 0.381 e. The van der Waals surface area contributed by atoms with Crippen molar-refractivity contribution < 1.29 is 4.74 Å². The fraction of sp³-hybridized carbons (Fsp3) is 0.947. The van der Waals surface area contributed by atoms with Gasteiger partial charge in [0.15, 0.2) is 5.96 Å². The number of hydrogen-bond donors (Lipinski definition) is 1. The Morgan fingerprint density at radius 1 is 1.00 bits per heavy atom. The number of ether oxygens (including phenoxy) is 1. The molecule has 2 rings (SSSR count). The van der Waals surface area contributed by atoms with Gasteiger partial charge in [0.1, 0.15) is 0 Å². The molecule has 0 aromatic rings. The molecule has 0 amide bonds. The third-order valence-corrected chi connectivity index (χ3v) is 5.56. The molecule has 2 fully saturated rings. The van der Waals surface area contributed by atoms with Crippen LogP contribution >= 0.6 is 24.0 Å². The molecule has 2 aliphatic rings. The van der Waals surface area contributed by atoms with Crippen molar-refractivity contribution in [3.05, 3.63) is 0 Å². The maximum absolute atomic E-state index is 5.45. The molecule has 0 unspecified atom stereocenters. The van der Waals surface area contributed by atoms with E-state index in [2.05, 4.69) is 22.3 Å². The number of guanidine groups is 1. The van der Waals surface area contributed by atoms with E-state index in [4.69, 9.17) is 4.74 Å². The van der Waals surface area contributed by atoms with Gasteiger partial charge >= 0.3 is 0 Å². The molecular formula is C19H38IN3O. The van der Waals surface area contributed by atoms with Crippen LogP contribution in [0.15, 0.2) is 4.99 Å². The van der Waals surface area contributed by atoms with Gasteiger partial charge in [-0.25, -0.2) is 0 Å². The van der Waals surface area contributed by atoms with Gasteiger partial charge in [0.25, 0.3) is 0 Å². The Bertz CT molecular complexity index is 338. The van der Waals surface area contributed by atoms with Crippen molar-refractivity contribution in [3.63, 3.8) is 0 Å². The normalized spacial score (nSPS) is 21.5. The molecule has 0 radical (unpaired) electrons. The summed E-state index contributed by atoms with van der Waals surface area (Å²) in [7, 11) is 4.08. The minimum atomic E-state index is 0. The molecule has 0 spiro atoms. The Morgan fingerprint density at radius 2 is 1.62 bits per heavy atom. The molecule has 1 saturated carbocycles. The zero-order chi connectivity index (χ0) is 16.3. The van der Waals surface area contributed by atoms with Gasteiger partial charge in [0, 0.05) is 40.4 Å². The summed E-state index contributed by atoms with van der Waals surface area (Å²) in [5, 5.41) is 3.63. The molecule has 0 aromatic carbocycles. The maximum atomic E-state index is 5.45. The highest BCUT2D eigenvalue weighted by Gasteiger charge is 2.16. The quantitative estimate of drug-likeness (QED) is 0.385. The fourth-order valence-corrected chi connectivity index (χ4v) is 3.88. The third kappa shape index (κ3) is 8.37. The number of hydrogen-bond acceptors (Lipinski definition) is 2. The molecule has 1 heterocycles. The van der Waals surface area contributed by atoms with E-state index in [1.807, 2.05) is 7.05 Å². The van der Waals surface area contributed by atoms with E-state index in [0.717, 1.165) is 44.1 Å². The van der Waals surface area contributed by atoms with Crippen molar-refractivity contribution in [2.75, 3.05) is 40.4 Å². The van der Waals surface area contributed by atoms with Crippen LogP contribution in [0.4, 0.5) is 0 Å². The second-order valence-electron chi connectivity index (χ2n) is 7.41. The van der Waals surface area contributed by atoms with Crippen molar-refractivity contribution in [1.29, 1.82) is 0 Å². The van der Waals surface area contributed by atoms with Crippen molar-refractivity contribution in [2.24, 2.45) is 16.8 Å². The molecule has 5 heteroatoms. The summed E-state index contributed by atoms with van der Waals surface area (Å²) in [6, 6.07) is 0. The van der Waals surface area contributed by atoms with Crippen LogP contribution in [0.2, 0.25) is 0 Å². The average molecular weight is 451 g/mol. The Hall–Kier alpha value is -0.0400. The smallest absolute Gasteiger partial charge is 0.193 e. The van der Waals surface area contributed by atoms with Crippen LogP contribution in [0.25, 0.3) is 0 Å². The highest BCUT2D eigenvalue weighted by Crippen LogP contribution is 2.22. The van der Waals surface area contributed by atoms with Crippen LogP contribution in [0.3, 0.4) is 0 Å². The summed E-state index contributed by atoms with van der Waals surface area (Å²) in [4.78, 5) is 6.79. The van der Waals surface area contributed by atoms with Crippen LogP contribution in [-0.2, 0) is 4.74 Å². The third-order valence-electron chi connectivity index (χ3n) is 5.56. The van der Waals surface area contributed by atoms with E-state index < -0.39 is 0 Å². The van der Waals surface area contributed by atoms with Crippen molar-refractivity contribution in [1.82, 2.24) is 10.2 Å². The number of halogens is 1. The lowest BCUT2D eigenvalue weighted by atomic mass is 9.91. The second kappa shape index (κ2) is 13.2. The molecule has 0 bridgehead atoms. The first-order chi connectivity index (χ1) is 11.3. The molecule has 0 aromatic heterocycles. The Morgan fingerprint density at radius 3 is 2.25 bits per heavy atom. The first kappa shape index (κ1) is 22.0. The molecule has 142 valence electrons. The summed E-state index contributed by atoms with van der Waals surface area (Å²) in [6.07, 6.45) is 13.6. The Balaban J connectivity index is 0.00000288. The zero-order valence-corrected chi connectivity index (χ0v) is 18.1. The summed E-state index contributed by atoms with van der Waals surface area (Å²) in [5.41, 5.74) is 0. The second-order valence-corrected chi connectivity index (χ2v) is 7.41. The summed E-state index contributed by atoms with van der Waals surface area (Å²) >= 11 is 0. The van der Waals surface area contributed by atoms with Gasteiger partial charge in [0.2, 0.25) is 0 Å². The van der Waals surface area contributed by atoms with Crippen LogP contribution in [0.5, 0.6) is 0 Å². The molecule has 1 aliphatic carbocycles. The minimum absolute atomic E-state index is 0. The van der Waals surface area contributed by atoms with Gasteiger partial charge in [-0.05, 0) is 43.9 Å². The predicted molar refractivity (Wildman–Crippen MR) is 113 cm³/mol. The van der Waals surface area contributed by atoms with Gasteiger partial charge in [-0.3, -0.25) is 4.99 Å². The number of nitrogens with one attached hydrogen (secondary N) is 1. The Kier molecular flexibility index (Phi) is 12.1. The fourth-order valence-electron chi connectivity index (χ4n) is 3.88. The van der Waals surface area contributed by atoms with E-state index in [9.17, 15) is 0 Å². The molecule has 1 aliphatic heterocycles. The van der Waals surface area contributed by atoms with Gasteiger partial charge in [0.05, 0.1) is 0 Å². The van der Waals surface area contributed by atoms with E-state index in [1.165, 1.54) is 64.2 Å². The first-order valence-electron chi connectivity index (χ1n) is 9.79. The van der Waals surface area contributed by atoms with Crippen LogP contribution in [-0.4, -0.2) is 51.3 Å².